The van der Waals surface area contributed by atoms with E-state index in [0.717, 1.165) is 16.8 Å². The molecule has 19 heavy (non-hydrogen) atoms. The molecule has 0 spiro atoms. The van der Waals surface area contributed by atoms with Crippen molar-refractivity contribution in [2.24, 2.45) is 0 Å². The van der Waals surface area contributed by atoms with Crippen LogP contribution >= 0.6 is 11.6 Å². The van der Waals surface area contributed by atoms with Crippen LogP contribution in [0.25, 0.3) is 0 Å². The number of fused-ring (bicyclic) bond motifs is 1. The number of rotatable bonds is 1. The van der Waals surface area contributed by atoms with Gasteiger partial charge in [-0.15, -0.1) is 0 Å². The Labute approximate surface area is 116 Å². The van der Waals surface area contributed by atoms with Crippen LogP contribution in [0, 0.1) is 16.7 Å². The Balaban J connectivity index is 2.03. The predicted molar refractivity (Wildman–Crippen MR) is 75.6 cm³/mol. The summed E-state index contributed by atoms with van der Waals surface area (Å²) in [6.45, 7) is 0.640. The summed E-state index contributed by atoms with van der Waals surface area (Å²) in [5.74, 6) is 0.446. The van der Waals surface area contributed by atoms with Gasteiger partial charge < -0.3 is 4.90 Å². The fourth-order valence-electron chi connectivity index (χ4n) is 2.28. The molecule has 0 aliphatic carbocycles. The standard InChI is InChI=1S/C15H10ClN3/c16-13-7-10(8-17)5-6-14(13)19-9-11-3-1-2-4-12(11)15(19)18/h1-7,18H,9H2. The summed E-state index contributed by atoms with van der Waals surface area (Å²) in [4.78, 5) is 1.86. The van der Waals surface area contributed by atoms with Gasteiger partial charge in [0.15, 0.2) is 0 Å². The van der Waals surface area contributed by atoms with Crippen molar-refractivity contribution < 1.29 is 0 Å². The van der Waals surface area contributed by atoms with Gasteiger partial charge in [-0.3, -0.25) is 5.41 Å². The molecule has 0 bridgehead atoms. The number of halogens is 1. The lowest BCUT2D eigenvalue weighted by atomic mass is 10.1. The maximum Gasteiger partial charge on any atom is 0.133 e. The molecule has 3 rings (SSSR count). The van der Waals surface area contributed by atoms with Gasteiger partial charge in [-0.25, -0.2) is 0 Å². The maximum absolute atomic E-state index is 8.85. The average molecular weight is 268 g/mol. The predicted octanol–water partition coefficient (Wildman–Crippen LogP) is 3.56. The van der Waals surface area contributed by atoms with Crippen molar-refractivity contribution in [1.29, 1.82) is 10.7 Å². The molecule has 1 heterocycles. The van der Waals surface area contributed by atoms with Crippen LogP contribution in [0.4, 0.5) is 5.69 Å². The number of hydrogen-bond acceptors (Lipinski definition) is 2. The fraction of sp³-hybridized carbons (Fsp3) is 0.0667. The average Bonchev–Trinajstić information content (AvgIpc) is 2.76. The van der Waals surface area contributed by atoms with E-state index in [0.29, 0.717) is 23.0 Å². The van der Waals surface area contributed by atoms with Gasteiger partial charge in [0.05, 0.1) is 28.9 Å². The normalized spacial score (nSPS) is 13.3. The molecule has 0 atom stereocenters. The van der Waals surface area contributed by atoms with Gasteiger partial charge in [-0.1, -0.05) is 35.9 Å². The monoisotopic (exact) mass is 267 g/mol. The van der Waals surface area contributed by atoms with Crippen LogP contribution < -0.4 is 4.90 Å². The van der Waals surface area contributed by atoms with Crippen LogP contribution in [-0.2, 0) is 6.54 Å². The van der Waals surface area contributed by atoms with E-state index in [1.807, 2.05) is 29.2 Å². The number of hydrogen-bond donors (Lipinski definition) is 1. The summed E-state index contributed by atoms with van der Waals surface area (Å²) >= 11 is 6.21. The summed E-state index contributed by atoms with van der Waals surface area (Å²) in [7, 11) is 0. The minimum Gasteiger partial charge on any atom is -0.320 e. The van der Waals surface area contributed by atoms with E-state index < -0.39 is 0 Å². The zero-order valence-electron chi connectivity index (χ0n) is 10.0. The van der Waals surface area contributed by atoms with E-state index in [-0.39, 0.29) is 0 Å². The van der Waals surface area contributed by atoms with Crippen molar-refractivity contribution in [3.05, 3.63) is 64.2 Å². The molecule has 2 aromatic carbocycles. The first-order chi connectivity index (χ1) is 9.20. The molecule has 0 fully saturated rings. The number of nitrogens with zero attached hydrogens (tertiary/aromatic N) is 2. The molecule has 1 N–H and O–H groups in total. The van der Waals surface area contributed by atoms with Crippen molar-refractivity contribution in [2.45, 2.75) is 6.54 Å². The molecule has 0 saturated carbocycles. The van der Waals surface area contributed by atoms with Crippen molar-refractivity contribution in [3.8, 4) is 6.07 Å². The fourth-order valence-corrected chi connectivity index (χ4v) is 2.57. The van der Waals surface area contributed by atoms with Crippen LogP contribution in [-0.4, -0.2) is 5.84 Å². The zero-order chi connectivity index (χ0) is 13.4. The molecule has 0 saturated heterocycles. The number of anilines is 1. The van der Waals surface area contributed by atoms with E-state index in [1.165, 1.54) is 0 Å². The van der Waals surface area contributed by atoms with Crippen LogP contribution in [0.3, 0.4) is 0 Å². The first kappa shape index (κ1) is 11.8. The van der Waals surface area contributed by atoms with Gasteiger partial charge in [0, 0.05) is 5.56 Å². The van der Waals surface area contributed by atoms with Gasteiger partial charge in [0.2, 0.25) is 0 Å². The van der Waals surface area contributed by atoms with E-state index in [1.54, 1.807) is 18.2 Å². The highest BCUT2D eigenvalue weighted by atomic mass is 35.5. The van der Waals surface area contributed by atoms with Gasteiger partial charge in [0.1, 0.15) is 5.84 Å². The lowest BCUT2D eigenvalue weighted by molar-refractivity contribution is 1.05. The van der Waals surface area contributed by atoms with E-state index >= 15 is 0 Å². The van der Waals surface area contributed by atoms with Crippen molar-refractivity contribution >= 4 is 23.1 Å². The Hall–Kier alpha value is -2.31. The lowest BCUT2D eigenvalue weighted by Crippen LogP contribution is -2.23. The molecular weight excluding hydrogens is 258 g/mol. The molecule has 0 aromatic heterocycles. The highest BCUT2D eigenvalue weighted by Gasteiger charge is 2.26. The first-order valence-corrected chi connectivity index (χ1v) is 6.22. The molecule has 0 radical (unpaired) electrons. The van der Waals surface area contributed by atoms with E-state index in [2.05, 4.69) is 6.07 Å². The number of benzene rings is 2. The van der Waals surface area contributed by atoms with E-state index in [4.69, 9.17) is 22.3 Å². The highest BCUT2D eigenvalue weighted by Crippen LogP contribution is 2.33. The molecule has 3 nitrogen and oxygen atoms in total. The molecule has 0 unspecified atom stereocenters. The number of nitrogens with one attached hydrogen (secondary N) is 1. The quantitative estimate of drug-likeness (QED) is 0.859. The summed E-state index contributed by atoms with van der Waals surface area (Å²) in [6.07, 6.45) is 0. The van der Waals surface area contributed by atoms with Gasteiger partial charge in [0.25, 0.3) is 0 Å². The largest absolute Gasteiger partial charge is 0.320 e. The molecule has 1 aliphatic rings. The van der Waals surface area contributed by atoms with Crippen LogP contribution in [0.15, 0.2) is 42.5 Å². The second-order valence-corrected chi connectivity index (χ2v) is 4.78. The molecule has 92 valence electrons. The molecular formula is C15H10ClN3. The van der Waals surface area contributed by atoms with Gasteiger partial charge in [-0.05, 0) is 23.8 Å². The molecule has 0 amide bonds. The summed E-state index contributed by atoms with van der Waals surface area (Å²) in [5, 5.41) is 17.6. The van der Waals surface area contributed by atoms with Crippen molar-refractivity contribution in [2.75, 3.05) is 4.90 Å². The molecule has 4 heteroatoms. The van der Waals surface area contributed by atoms with Gasteiger partial charge in [-0.2, -0.15) is 5.26 Å². The second-order valence-electron chi connectivity index (χ2n) is 4.37. The molecule has 2 aromatic rings. The first-order valence-electron chi connectivity index (χ1n) is 5.84. The Morgan fingerprint density at radius 1 is 1.21 bits per heavy atom. The Bertz CT molecular complexity index is 716. The minimum absolute atomic E-state index is 0.446. The number of amidine groups is 1. The summed E-state index contributed by atoms with van der Waals surface area (Å²) < 4.78 is 0. The topological polar surface area (TPSA) is 50.9 Å². The summed E-state index contributed by atoms with van der Waals surface area (Å²) in [5.41, 5.74) is 3.34. The Morgan fingerprint density at radius 3 is 2.68 bits per heavy atom. The zero-order valence-corrected chi connectivity index (χ0v) is 10.8. The van der Waals surface area contributed by atoms with E-state index in [9.17, 15) is 0 Å². The Morgan fingerprint density at radius 2 is 2.00 bits per heavy atom. The maximum atomic E-state index is 8.85. The SMILES string of the molecule is N#Cc1ccc(N2Cc3ccccc3C2=N)c(Cl)c1. The summed E-state index contributed by atoms with van der Waals surface area (Å²) in [6, 6.07) is 15.1. The Kier molecular flexibility index (Phi) is 2.73. The van der Waals surface area contributed by atoms with Crippen LogP contribution in [0.2, 0.25) is 5.02 Å². The lowest BCUT2D eigenvalue weighted by Gasteiger charge is -2.19. The number of nitriles is 1. The van der Waals surface area contributed by atoms with Crippen molar-refractivity contribution in [3.63, 3.8) is 0 Å². The van der Waals surface area contributed by atoms with Crippen LogP contribution in [0.5, 0.6) is 0 Å². The minimum atomic E-state index is 0.446. The third-order valence-corrected chi connectivity index (χ3v) is 3.54. The van der Waals surface area contributed by atoms with Crippen molar-refractivity contribution in [1.82, 2.24) is 0 Å². The second kappa shape index (κ2) is 4.42. The third-order valence-electron chi connectivity index (χ3n) is 3.24. The smallest absolute Gasteiger partial charge is 0.133 e. The molecule has 1 aliphatic heterocycles. The highest BCUT2D eigenvalue weighted by molar-refractivity contribution is 6.34. The van der Waals surface area contributed by atoms with Gasteiger partial charge >= 0.3 is 0 Å². The van der Waals surface area contributed by atoms with Crippen LogP contribution in [0.1, 0.15) is 16.7 Å². The third kappa shape index (κ3) is 1.87.